The molecule has 0 aliphatic heterocycles. The van der Waals surface area contributed by atoms with Gasteiger partial charge in [0.2, 0.25) is 0 Å². The maximum absolute atomic E-state index is 12.5. The van der Waals surface area contributed by atoms with Gasteiger partial charge in [0, 0.05) is 14.1 Å². The molecule has 0 aliphatic rings. The molecule has 24 heavy (non-hydrogen) atoms. The molecule has 1 atom stereocenters. The number of carbonyl (C=O) groups excluding carboxylic acids is 1. The van der Waals surface area contributed by atoms with E-state index in [0.29, 0.717) is 17.3 Å². The van der Waals surface area contributed by atoms with Crippen LogP contribution in [0.25, 0.3) is 11.0 Å². The van der Waals surface area contributed by atoms with Crippen LogP contribution in [-0.2, 0) is 23.6 Å². The number of thioether (sulfide) groups is 1. The third kappa shape index (κ3) is 3.21. The lowest BCUT2D eigenvalue weighted by Crippen LogP contribution is -2.38. The Kier molecular flexibility index (Phi) is 5.43. The smallest absolute Gasteiger partial charge is 0.332 e. The van der Waals surface area contributed by atoms with Gasteiger partial charge in [-0.2, -0.15) is 0 Å². The van der Waals surface area contributed by atoms with Gasteiger partial charge in [0.05, 0.1) is 6.61 Å². The number of aryl methyl sites for hydroxylation is 2. The van der Waals surface area contributed by atoms with Crippen LogP contribution in [0.5, 0.6) is 0 Å². The average molecular weight is 352 g/mol. The van der Waals surface area contributed by atoms with Crippen LogP contribution in [0.15, 0.2) is 14.6 Å². The molecule has 130 valence electrons. The average Bonchev–Trinajstić information content (AvgIpc) is 2.55. The van der Waals surface area contributed by atoms with Crippen LogP contribution in [-0.4, -0.2) is 36.9 Å². The highest BCUT2D eigenvalue weighted by molar-refractivity contribution is 8.00. The van der Waals surface area contributed by atoms with E-state index in [0.717, 1.165) is 16.3 Å². The van der Waals surface area contributed by atoms with Gasteiger partial charge in [-0.15, -0.1) is 0 Å². The Morgan fingerprint density at radius 3 is 2.46 bits per heavy atom. The van der Waals surface area contributed by atoms with Crippen LogP contribution >= 0.6 is 11.8 Å². The van der Waals surface area contributed by atoms with Crippen molar-refractivity contribution in [3.63, 3.8) is 0 Å². The van der Waals surface area contributed by atoms with Crippen LogP contribution in [0, 0.1) is 6.92 Å². The van der Waals surface area contributed by atoms with Crippen LogP contribution in [0.3, 0.4) is 0 Å². The Bertz CT molecular complexity index is 903. The predicted molar refractivity (Wildman–Crippen MR) is 91.3 cm³/mol. The fraction of sp³-hybridized carbons (Fsp3) is 0.533. The van der Waals surface area contributed by atoms with Gasteiger partial charge in [-0.3, -0.25) is 18.7 Å². The van der Waals surface area contributed by atoms with E-state index in [9.17, 15) is 14.4 Å². The van der Waals surface area contributed by atoms with Gasteiger partial charge < -0.3 is 4.74 Å². The Balaban J connectivity index is 2.68. The zero-order valence-corrected chi connectivity index (χ0v) is 15.1. The third-order valence-corrected chi connectivity index (χ3v) is 4.88. The molecule has 0 amide bonds. The highest BCUT2D eigenvalue weighted by Crippen LogP contribution is 2.28. The Morgan fingerprint density at radius 2 is 1.88 bits per heavy atom. The first kappa shape index (κ1) is 18.2. The van der Waals surface area contributed by atoms with Gasteiger partial charge in [-0.1, -0.05) is 18.7 Å². The van der Waals surface area contributed by atoms with E-state index in [4.69, 9.17) is 4.74 Å². The third-order valence-electron chi connectivity index (χ3n) is 3.55. The normalized spacial score (nSPS) is 12.4. The zero-order chi connectivity index (χ0) is 18.0. The highest BCUT2D eigenvalue weighted by Gasteiger charge is 2.24. The van der Waals surface area contributed by atoms with Gasteiger partial charge in [0.1, 0.15) is 21.5 Å². The van der Waals surface area contributed by atoms with Crippen molar-refractivity contribution in [3.05, 3.63) is 26.7 Å². The number of fused-ring (bicyclic) bond motifs is 1. The molecule has 0 spiro atoms. The molecule has 2 aromatic rings. The fourth-order valence-corrected chi connectivity index (χ4v) is 3.37. The zero-order valence-electron chi connectivity index (χ0n) is 14.3. The summed E-state index contributed by atoms with van der Waals surface area (Å²) < 4.78 is 7.38. The van der Waals surface area contributed by atoms with Gasteiger partial charge in [0.25, 0.3) is 5.56 Å². The number of nitrogens with zero attached hydrogens (tertiary/aromatic N) is 4. The Morgan fingerprint density at radius 1 is 1.21 bits per heavy atom. The van der Waals surface area contributed by atoms with E-state index in [-0.39, 0.29) is 23.6 Å². The van der Waals surface area contributed by atoms with Crippen molar-refractivity contribution < 1.29 is 9.53 Å². The van der Waals surface area contributed by atoms with Crippen LogP contribution in [0.1, 0.15) is 26.1 Å². The fourth-order valence-electron chi connectivity index (χ4n) is 2.29. The summed E-state index contributed by atoms with van der Waals surface area (Å²) in [5, 5.41) is 0.135. The molecule has 0 saturated carbocycles. The molecule has 0 aliphatic carbocycles. The summed E-state index contributed by atoms with van der Waals surface area (Å²) in [6.07, 6.45) is 0.528. The summed E-state index contributed by atoms with van der Waals surface area (Å²) in [5.74, 6) is 0.0722. The highest BCUT2D eigenvalue weighted by atomic mass is 32.2. The lowest BCUT2D eigenvalue weighted by Gasteiger charge is -2.15. The maximum Gasteiger partial charge on any atom is 0.332 e. The summed E-state index contributed by atoms with van der Waals surface area (Å²) in [5.41, 5.74) is -0.676. The molecule has 8 nitrogen and oxygen atoms in total. The van der Waals surface area contributed by atoms with Gasteiger partial charge in [-0.05, 0) is 20.3 Å². The number of aromatic nitrogens is 4. The largest absolute Gasteiger partial charge is 0.465 e. The molecular weight excluding hydrogens is 332 g/mol. The SMILES string of the molecule is CCOC(=O)C(CC)Sc1nc(C)nc2c1c(=O)n(C)c(=O)n2C. The first-order valence-corrected chi connectivity index (χ1v) is 8.47. The van der Waals surface area contributed by atoms with E-state index < -0.39 is 16.5 Å². The van der Waals surface area contributed by atoms with Crippen LogP contribution in [0.4, 0.5) is 0 Å². The van der Waals surface area contributed by atoms with Crippen molar-refractivity contribution >= 4 is 28.8 Å². The molecule has 0 N–H and O–H groups in total. The predicted octanol–water partition coefficient (Wildman–Crippen LogP) is 0.769. The van der Waals surface area contributed by atoms with E-state index in [1.807, 2.05) is 6.92 Å². The topological polar surface area (TPSA) is 96.1 Å². The molecular formula is C15H20N4O4S. The Labute approximate surface area is 142 Å². The van der Waals surface area contributed by atoms with Crippen LogP contribution < -0.4 is 11.2 Å². The number of esters is 1. The summed E-state index contributed by atoms with van der Waals surface area (Å²) in [7, 11) is 2.95. The molecule has 1 unspecified atom stereocenters. The van der Waals surface area contributed by atoms with Crippen molar-refractivity contribution in [1.29, 1.82) is 0 Å². The number of carbonyl (C=O) groups is 1. The van der Waals surface area contributed by atoms with Crippen molar-refractivity contribution in [2.24, 2.45) is 14.1 Å². The van der Waals surface area contributed by atoms with Crippen molar-refractivity contribution in [1.82, 2.24) is 19.1 Å². The molecule has 2 heterocycles. The minimum atomic E-state index is -0.482. The number of hydrogen-bond donors (Lipinski definition) is 0. The summed E-state index contributed by atoms with van der Waals surface area (Å²) >= 11 is 1.16. The summed E-state index contributed by atoms with van der Waals surface area (Å²) in [6.45, 7) is 5.57. The first-order valence-electron chi connectivity index (χ1n) is 7.59. The first-order chi connectivity index (χ1) is 11.3. The lowest BCUT2D eigenvalue weighted by molar-refractivity contribution is -0.142. The van der Waals surface area contributed by atoms with E-state index in [1.54, 1.807) is 20.9 Å². The Hall–Kier alpha value is -2.16. The molecule has 0 saturated heterocycles. The van der Waals surface area contributed by atoms with Crippen LogP contribution in [0.2, 0.25) is 0 Å². The van der Waals surface area contributed by atoms with E-state index in [2.05, 4.69) is 9.97 Å². The maximum atomic E-state index is 12.5. The molecule has 2 rings (SSSR count). The molecule has 9 heteroatoms. The minimum Gasteiger partial charge on any atom is -0.465 e. The molecule has 2 aromatic heterocycles. The lowest BCUT2D eigenvalue weighted by atomic mass is 10.3. The molecule has 0 radical (unpaired) electrons. The molecule has 0 bridgehead atoms. The summed E-state index contributed by atoms with van der Waals surface area (Å²) in [4.78, 5) is 45.2. The second-order valence-corrected chi connectivity index (χ2v) is 6.44. The van der Waals surface area contributed by atoms with Crippen molar-refractivity contribution in [2.45, 2.75) is 37.5 Å². The molecule has 0 fully saturated rings. The standard InChI is InChI=1S/C15H20N4O4S/c1-6-9(14(21)23-7-2)24-12-10-11(16-8(3)17-12)18(4)15(22)19(5)13(10)20/h9H,6-7H2,1-5H3. The number of ether oxygens (including phenoxy) is 1. The van der Waals surface area contributed by atoms with Gasteiger partial charge >= 0.3 is 11.7 Å². The second kappa shape index (κ2) is 7.16. The quantitative estimate of drug-likeness (QED) is 0.445. The van der Waals surface area contributed by atoms with E-state index >= 15 is 0 Å². The monoisotopic (exact) mass is 352 g/mol. The van der Waals surface area contributed by atoms with Gasteiger partial charge in [-0.25, -0.2) is 14.8 Å². The van der Waals surface area contributed by atoms with E-state index in [1.165, 1.54) is 11.6 Å². The summed E-state index contributed by atoms with van der Waals surface area (Å²) in [6, 6.07) is 0. The molecule has 0 aromatic carbocycles. The van der Waals surface area contributed by atoms with Crippen molar-refractivity contribution in [3.8, 4) is 0 Å². The van der Waals surface area contributed by atoms with Crippen molar-refractivity contribution in [2.75, 3.05) is 6.61 Å². The second-order valence-electron chi connectivity index (χ2n) is 5.25. The van der Waals surface area contributed by atoms with Gasteiger partial charge in [0.15, 0.2) is 5.65 Å². The number of rotatable bonds is 5. The number of hydrogen-bond acceptors (Lipinski definition) is 7. The minimum absolute atomic E-state index is 0.234.